The number of unbranched alkanes of at least 4 members (excludes halogenated alkanes) is 41. The monoisotopic (exact) mass is 961 g/mol. The Morgan fingerprint density at radius 1 is 0.279 bits per heavy atom. The van der Waals surface area contributed by atoms with Gasteiger partial charge in [-0.3, -0.25) is 14.4 Å². The minimum Gasteiger partial charge on any atom is -0.462 e. The van der Waals surface area contributed by atoms with Gasteiger partial charge in [-0.2, -0.15) is 0 Å². The zero-order valence-corrected chi connectivity index (χ0v) is 46.7. The van der Waals surface area contributed by atoms with Gasteiger partial charge in [0.1, 0.15) is 13.2 Å². The van der Waals surface area contributed by atoms with Gasteiger partial charge in [-0.1, -0.05) is 311 Å². The Labute approximate surface area is 425 Å². The van der Waals surface area contributed by atoms with E-state index >= 15 is 0 Å². The van der Waals surface area contributed by atoms with Crippen molar-refractivity contribution in [3.8, 4) is 0 Å². The molecule has 0 rings (SSSR count). The molecule has 0 aliphatic carbocycles. The molecule has 404 valence electrons. The highest BCUT2D eigenvalue weighted by Crippen LogP contribution is 2.19. The summed E-state index contributed by atoms with van der Waals surface area (Å²) in [6, 6.07) is 0. The van der Waals surface area contributed by atoms with Crippen LogP contribution in [0.25, 0.3) is 0 Å². The molecule has 0 saturated carbocycles. The van der Waals surface area contributed by atoms with Crippen LogP contribution in [0.5, 0.6) is 0 Å². The average Bonchev–Trinajstić information content (AvgIpc) is 3.31. The van der Waals surface area contributed by atoms with Crippen molar-refractivity contribution >= 4 is 17.9 Å². The van der Waals surface area contributed by atoms with Crippen molar-refractivity contribution in [2.45, 2.75) is 355 Å². The van der Waals surface area contributed by atoms with E-state index in [4.69, 9.17) is 14.2 Å². The first-order chi connectivity index (χ1) is 33.2. The second-order valence-corrected chi connectivity index (χ2v) is 22.3. The summed E-state index contributed by atoms with van der Waals surface area (Å²) in [6.07, 6.45) is 59.6. The lowest BCUT2D eigenvalue weighted by molar-refractivity contribution is -0.167. The van der Waals surface area contributed by atoms with E-state index in [1.54, 1.807) is 0 Å². The molecule has 0 aromatic carbocycles. The maximum atomic E-state index is 12.9. The van der Waals surface area contributed by atoms with Gasteiger partial charge >= 0.3 is 17.9 Å². The molecular formula is C62H120O6. The fourth-order valence-corrected chi connectivity index (χ4v) is 9.58. The van der Waals surface area contributed by atoms with Crippen LogP contribution in [-0.4, -0.2) is 37.2 Å². The summed E-state index contributed by atoms with van der Waals surface area (Å²) in [7, 11) is 0. The molecule has 0 aliphatic rings. The highest BCUT2D eigenvalue weighted by molar-refractivity contribution is 5.71. The SMILES string of the molecule is CCCCCCCCCCCCCCC(=O)OC[C@H](COC(=O)CCCCCCCCCCCCCCCCCCC(C)C)OC(=O)CCCCCCCCCCCCCCCCCCC(C)C. The van der Waals surface area contributed by atoms with Crippen LogP contribution >= 0.6 is 0 Å². The predicted molar refractivity (Wildman–Crippen MR) is 293 cm³/mol. The zero-order chi connectivity index (χ0) is 49.6. The number of esters is 3. The molecule has 1 atom stereocenters. The summed E-state index contributed by atoms with van der Waals surface area (Å²) in [5.41, 5.74) is 0. The van der Waals surface area contributed by atoms with Crippen LogP contribution in [-0.2, 0) is 28.6 Å². The Morgan fingerprint density at radius 3 is 0.721 bits per heavy atom. The van der Waals surface area contributed by atoms with Crippen molar-refractivity contribution < 1.29 is 28.6 Å². The lowest BCUT2D eigenvalue weighted by atomic mass is 10.0. The third-order valence-electron chi connectivity index (χ3n) is 14.2. The average molecular weight is 962 g/mol. The third-order valence-corrected chi connectivity index (χ3v) is 14.2. The standard InChI is InChI=1S/C62H120O6/c1-6-7-8-9-10-11-12-27-32-37-42-47-52-60(63)66-55-59(68-62(65)54-49-44-39-34-29-24-20-16-14-18-22-26-31-36-41-46-51-58(4)5)56-67-61(64)53-48-43-38-33-28-23-19-15-13-17-21-25-30-35-40-45-50-57(2)3/h57-59H,6-56H2,1-5H3/t59-/m1/s1. The number of hydrogen-bond donors (Lipinski definition) is 0. The van der Waals surface area contributed by atoms with Gasteiger partial charge in [0.05, 0.1) is 0 Å². The summed E-state index contributed by atoms with van der Waals surface area (Å²) < 4.78 is 16.9. The van der Waals surface area contributed by atoms with Crippen LogP contribution in [0, 0.1) is 11.8 Å². The van der Waals surface area contributed by atoms with E-state index in [9.17, 15) is 14.4 Å². The van der Waals surface area contributed by atoms with Crippen molar-refractivity contribution in [3.63, 3.8) is 0 Å². The highest BCUT2D eigenvalue weighted by atomic mass is 16.6. The zero-order valence-electron chi connectivity index (χ0n) is 46.7. The topological polar surface area (TPSA) is 78.9 Å². The number of rotatable bonds is 56. The molecule has 0 aromatic rings. The second-order valence-electron chi connectivity index (χ2n) is 22.3. The van der Waals surface area contributed by atoms with Gasteiger partial charge < -0.3 is 14.2 Å². The molecule has 0 heterocycles. The summed E-state index contributed by atoms with van der Waals surface area (Å²) in [4.78, 5) is 38.2. The molecule has 6 heteroatoms. The number of hydrogen-bond acceptors (Lipinski definition) is 6. The molecule has 0 aromatic heterocycles. The Bertz CT molecular complexity index is 1040. The summed E-state index contributed by atoms with van der Waals surface area (Å²) in [5, 5.41) is 0. The number of ether oxygens (including phenoxy) is 3. The van der Waals surface area contributed by atoms with Gasteiger partial charge in [0.2, 0.25) is 0 Å². The molecule has 0 bridgehead atoms. The normalized spacial score (nSPS) is 12.0. The van der Waals surface area contributed by atoms with E-state index in [1.165, 1.54) is 238 Å². The van der Waals surface area contributed by atoms with Crippen molar-refractivity contribution in [1.82, 2.24) is 0 Å². The summed E-state index contributed by atoms with van der Waals surface area (Å²) >= 11 is 0. The molecule has 0 N–H and O–H groups in total. The van der Waals surface area contributed by atoms with Crippen molar-refractivity contribution in [2.24, 2.45) is 11.8 Å². The van der Waals surface area contributed by atoms with Crippen LogP contribution < -0.4 is 0 Å². The minimum absolute atomic E-state index is 0.0620. The van der Waals surface area contributed by atoms with E-state index in [2.05, 4.69) is 34.6 Å². The molecular weight excluding hydrogens is 841 g/mol. The van der Waals surface area contributed by atoms with E-state index in [1.807, 2.05) is 0 Å². The van der Waals surface area contributed by atoms with E-state index in [-0.39, 0.29) is 31.1 Å². The summed E-state index contributed by atoms with van der Waals surface area (Å²) in [5.74, 6) is 0.871. The molecule has 68 heavy (non-hydrogen) atoms. The first-order valence-electron chi connectivity index (χ1n) is 30.7. The fourth-order valence-electron chi connectivity index (χ4n) is 9.58. The highest BCUT2D eigenvalue weighted by Gasteiger charge is 2.19. The van der Waals surface area contributed by atoms with Crippen LogP contribution in [0.3, 0.4) is 0 Å². The molecule has 0 fully saturated rings. The van der Waals surface area contributed by atoms with Gasteiger partial charge in [-0.05, 0) is 31.1 Å². The fraction of sp³-hybridized carbons (Fsp3) is 0.952. The molecule has 0 unspecified atom stereocenters. The Kier molecular flexibility index (Phi) is 53.5. The maximum Gasteiger partial charge on any atom is 0.306 e. The first kappa shape index (κ1) is 66.4. The van der Waals surface area contributed by atoms with Crippen molar-refractivity contribution in [3.05, 3.63) is 0 Å². The van der Waals surface area contributed by atoms with Gasteiger partial charge in [-0.25, -0.2) is 0 Å². The van der Waals surface area contributed by atoms with Crippen LogP contribution in [0.15, 0.2) is 0 Å². The second kappa shape index (κ2) is 54.7. The molecule has 0 amide bonds. The Hall–Kier alpha value is -1.59. The smallest absolute Gasteiger partial charge is 0.306 e. The Balaban J connectivity index is 4.25. The van der Waals surface area contributed by atoms with Crippen LogP contribution in [0.1, 0.15) is 349 Å². The Morgan fingerprint density at radius 2 is 0.485 bits per heavy atom. The van der Waals surface area contributed by atoms with Gasteiger partial charge in [0.15, 0.2) is 6.10 Å². The minimum atomic E-state index is -0.763. The third kappa shape index (κ3) is 55.3. The predicted octanol–water partition coefficient (Wildman–Crippen LogP) is 20.4. The molecule has 0 spiro atoms. The quantitative estimate of drug-likeness (QED) is 0.0343. The van der Waals surface area contributed by atoms with Crippen molar-refractivity contribution in [2.75, 3.05) is 13.2 Å². The lowest BCUT2D eigenvalue weighted by Gasteiger charge is -2.18. The summed E-state index contributed by atoms with van der Waals surface area (Å²) in [6.45, 7) is 11.4. The largest absolute Gasteiger partial charge is 0.462 e. The molecule has 0 saturated heterocycles. The lowest BCUT2D eigenvalue weighted by Crippen LogP contribution is -2.30. The van der Waals surface area contributed by atoms with Crippen LogP contribution in [0.4, 0.5) is 0 Å². The number of carbonyl (C=O) groups excluding carboxylic acids is 3. The van der Waals surface area contributed by atoms with Gasteiger partial charge in [-0.15, -0.1) is 0 Å². The van der Waals surface area contributed by atoms with E-state index in [0.717, 1.165) is 69.6 Å². The van der Waals surface area contributed by atoms with Crippen LogP contribution in [0.2, 0.25) is 0 Å². The van der Waals surface area contributed by atoms with Gasteiger partial charge in [0.25, 0.3) is 0 Å². The van der Waals surface area contributed by atoms with E-state index < -0.39 is 6.10 Å². The van der Waals surface area contributed by atoms with Crippen molar-refractivity contribution in [1.29, 1.82) is 0 Å². The molecule has 6 nitrogen and oxygen atoms in total. The first-order valence-corrected chi connectivity index (χ1v) is 30.7. The molecule has 0 radical (unpaired) electrons. The maximum absolute atomic E-state index is 12.9. The number of carbonyl (C=O) groups is 3. The van der Waals surface area contributed by atoms with Gasteiger partial charge in [0, 0.05) is 19.3 Å². The molecule has 0 aliphatic heterocycles. The van der Waals surface area contributed by atoms with E-state index in [0.29, 0.717) is 19.3 Å².